The summed E-state index contributed by atoms with van der Waals surface area (Å²) in [7, 11) is 0. The van der Waals surface area contributed by atoms with Crippen molar-refractivity contribution in [3.8, 4) is 5.75 Å². The van der Waals surface area contributed by atoms with E-state index in [0.717, 1.165) is 5.75 Å². The van der Waals surface area contributed by atoms with Crippen LogP contribution in [-0.2, 0) is 0 Å². The van der Waals surface area contributed by atoms with Crippen LogP contribution in [0.3, 0.4) is 0 Å². The number of hydrogen-bond donors (Lipinski definition) is 1. The van der Waals surface area contributed by atoms with Gasteiger partial charge >= 0.3 is 0 Å². The van der Waals surface area contributed by atoms with Gasteiger partial charge in [0.15, 0.2) is 0 Å². The Morgan fingerprint density at radius 2 is 1.86 bits per heavy atom. The van der Waals surface area contributed by atoms with Gasteiger partial charge in [-0.2, -0.15) is 0 Å². The first-order valence-electron chi connectivity index (χ1n) is 6.91. The molecule has 22 heavy (non-hydrogen) atoms. The zero-order valence-corrected chi connectivity index (χ0v) is 13.9. The van der Waals surface area contributed by atoms with E-state index in [-0.39, 0.29) is 11.9 Å². The molecule has 1 atom stereocenters. The van der Waals surface area contributed by atoms with Gasteiger partial charge in [-0.25, -0.2) is 0 Å². The summed E-state index contributed by atoms with van der Waals surface area (Å²) in [6, 6.07) is 12.4. The van der Waals surface area contributed by atoms with Crippen LogP contribution in [0.25, 0.3) is 0 Å². The molecule has 0 heterocycles. The van der Waals surface area contributed by atoms with Crippen LogP contribution < -0.4 is 10.1 Å². The molecule has 0 saturated carbocycles. The molecule has 2 aromatic carbocycles. The Bertz CT molecular complexity index is 656. The van der Waals surface area contributed by atoms with Gasteiger partial charge in [-0.05, 0) is 44.2 Å². The molecule has 0 aromatic heterocycles. The van der Waals surface area contributed by atoms with Gasteiger partial charge in [0, 0.05) is 5.02 Å². The molecule has 0 aliphatic carbocycles. The Balaban J connectivity index is 1.89. The van der Waals surface area contributed by atoms with E-state index < -0.39 is 0 Å². The molecule has 5 heteroatoms. The first kappa shape index (κ1) is 16.7. The number of carbonyl (C=O) groups excluding carboxylic acids is 1. The van der Waals surface area contributed by atoms with Gasteiger partial charge in [0.25, 0.3) is 5.91 Å². The molecule has 0 fully saturated rings. The van der Waals surface area contributed by atoms with E-state index in [2.05, 4.69) is 5.32 Å². The first-order valence-corrected chi connectivity index (χ1v) is 7.66. The van der Waals surface area contributed by atoms with E-state index in [9.17, 15) is 4.79 Å². The monoisotopic (exact) mass is 337 g/mol. The van der Waals surface area contributed by atoms with Crippen molar-refractivity contribution in [1.29, 1.82) is 0 Å². The maximum absolute atomic E-state index is 12.1. The summed E-state index contributed by atoms with van der Waals surface area (Å²) in [5.41, 5.74) is 1.57. The Kier molecular flexibility index (Phi) is 5.69. The molecule has 1 N–H and O–H groups in total. The minimum Gasteiger partial charge on any atom is -0.491 e. The average molecular weight is 338 g/mol. The number of carbonyl (C=O) groups is 1. The lowest BCUT2D eigenvalue weighted by molar-refractivity contribution is 0.0927. The minimum absolute atomic E-state index is 0.152. The summed E-state index contributed by atoms with van der Waals surface area (Å²) in [5, 5.41) is 3.67. The lowest BCUT2D eigenvalue weighted by atomic mass is 10.2. The van der Waals surface area contributed by atoms with Crippen LogP contribution in [0.1, 0.15) is 22.8 Å². The van der Waals surface area contributed by atoms with E-state index in [1.54, 1.807) is 18.2 Å². The molecule has 0 unspecified atom stereocenters. The highest BCUT2D eigenvalue weighted by Crippen LogP contribution is 2.21. The Morgan fingerprint density at radius 1 is 1.18 bits per heavy atom. The molecular formula is C17H17Cl2NO2. The van der Waals surface area contributed by atoms with Crippen LogP contribution in [-0.4, -0.2) is 18.6 Å². The van der Waals surface area contributed by atoms with Crippen LogP contribution in [0.5, 0.6) is 5.75 Å². The van der Waals surface area contributed by atoms with E-state index in [0.29, 0.717) is 22.2 Å². The minimum atomic E-state index is -0.248. The number of aryl methyl sites for hydroxylation is 1. The van der Waals surface area contributed by atoms with Crippen molar-refractivity contribution < 1.29 is 9.53 Å². The van der Waals surface area contributed by atoms with Gasteiger partial charge in [0.1, 0.15) is 12.4 Å². The van der Waals surface area contributed by atoms with Crippen molar-refractivity contribution in [3.63, 3.8) is 0 Å². The fourth-order valence-electron chi connectivity index (χ4n) is 1.87. The number of ether oxygens (including phenoxy) is 1. The number of amides is 1. The lowest BCUT2D eigenvalue weighted by Gasteiger charge is -2.15. The van der Waals surface area contributed by atoms with Gasteiger partial charge < -0.3 is 10.1 Å². The summed E-state index contributed by atoms with van der Waals surface area (Å²) in [5.74, 6) is 0.526. The summed E-state index contributed by atoms with van der Waals surface area (Å²) in [6.07, 6.45) is 0. The number of halogens is 2. The number of nitrogens with one attached hydrogen (secondary N) is 1. The molecule has 0 aliphatic heterocycles. The number of benzene rings is 2. The molecule has 1 amide bonds. The van der Waals surface area contributed by atoms with E-state index in [1.807, 2.05) is 38.1 Å². The smallest absolute Gasteiger partial charge is 0.253 e. The van der Waals surface area contributed by atoms with E-state index >= 15 is 0 Å². The van der Waals surface area contributed by atoms with Gasteiger partial charge in [0.05, 0.1) is 16.6 Å². The van der Waals surface area contributed by atoms with Crippen LogP contribution in [0.15, 0.2) is 42.5 Å². The Morgan fingerprint density at radius 3 is 2.50 bits per heavy atom. The summed E-state index contributed by atoms with van der Waals surface area (Å²) >= 11 is 11.8. The van der Waals surface area contributed by atoms with Crippen LogP contribution in [0.2, 0.25) is 10.0 Å². The van der Waals surface area contributed by atoms with Gasteiger partial charge in [-0.1, -0.05) is 40.9 Å². The van der Waals surface area contributed by atoms with Gasteiger partial charge in [-0.15, -0.1) is 0 Å². The highest BCUT2D eigenvalue weighted by molar-refractivity contribution is 6.36. The van der Waals surface area contributed by atoms with Crippen molar-refractivity contribution >= 4 is 29.1 Å². The summed E-state index contributed by atoms with van der Waals surface area (Å²) in [4.78, 5) is 12.1. The van der Waals surface area contributed by atoms with E-state index in [1.165, 1.54) is 5.56 Å². The summed E-state index contributed by atoms with van der Waals surface area (Å²) < 4.78 is 5.64. The van der Waals surface area contributed by atoms with Crippen molar-refractivity contribution in [3.05, 3.63) is 63.6 Å². The molecule has 116 valence electrons. The second kappa shape index (κ2) is 7.52. The first-order chi connectivity index (χ1) is 10.5. The van der Waals surface area contributed by atoms with Crippen molar-refractivity contribution in [1.82, 2.24) is 5.32 Å². The average Bonchev–Trinajstić information content (AvgIpc) is 2.46. The summed E-state index contributed by atoms with van der Waals surface area (Å²) in [6.45, 7) is 4.26. The molecule has 3 nitrogen and oxygen atoms in total. The van der Waals surface area contributed by atoms with Crippen molar-refractivity contribution in [2.24, 2.45) is 0 Å². The normalized spacial score (nSPS) is 11.8. The third kappa shape index (κ3) is 4.65. The molecule has 0 bridgehead atoms. The number of rotatable bonds is 5. The zero-order valence-electron chi connectivity index (χ0n) is 12.4. The topological polar surface area (TPSA) is 38.3 Å². The fourth-order valence-corrected chi connectivity index (χ4v) is 2.37. The standard InChI is InChI=1S/C17H17Cl2NO2/c1-11-3-6-14(7-4-11)22-10-12(2)20-17(21)15-8-5-13(18)9-16(15)19/h3-9,12H,10H2,1-2H3,(H,20,21)/t12-/m1/s1. The zero-order chi connectivity index (χ0) is 16.1. The Labute approximate surface area is 140 Å². The SMILES string of the molecule is Cc1ccc(OC[C@@H](C)NC(=O)c2ccc(Cl)cc2Cl)cc1. The molecule has 2 rings (SSSR count). The highest BCUT2D eigenvalue weighted by atomic mass is 35.5. The number of hydrogen-bond acceptors (Lipinski definition) is 2. The molecule has 2 aromatic rings. The third-order valence-electron chi connectivity index (χ3n) is 3.07. The predicted octanol–water partition coefficient (Wildman–Crippen LogP) is 4.50. The maximum Gasteiger partial charge on any atom is 0.253 e. The van der Waals surface area contributed by atoms with Crippen LogP contribution >= 0.6 is 23.2 Å². The van der Waals surface area contributed by atoms with E-state index in [4.69, 9.17) is 27.9 Å². The molecule has 0 aliphatic rings. The van der Waals surface area contributed by atoms with Crippen LogP contribution in [0, 0.1) is 6.92 Å². The van der Waals surface area contributed by atoms with Crippen LogP contribution in [0.4, 0.5) is 0 Å². The highest BCUT2D eigenvalue weighted by Gasteiger charge is 2.13. The van der Waals surface area contributed by atoms with Crippen molar-refractivity contribution in [2.45, 2.75) is 19.9 Å². The second-order valence-electron chi connectivity index (χ2n) is 5.12. The maximum atomic E-state index is 12.1. The van der Waals surface area contributed by atoms with Crippen molar-refractivity contribution in [2.75, 3.05) is 6.61 Å². The second-order valence-corrected chi connectivity index (χ2v) is 5.97. The lowest BCUT2D eigenvalue weighted by Crippen LogP contribution is -2.36. The molecular weight excluding hydrogens is 321 g/mol. The molecule has 0 radical (unpaired) electrons. The largest absolute Gasteiger partial charge is 0.491 e. The quantitative estimate of drug-likeness (QED) is 0.872. The predicted molar refractivity (Wildman–Crippen MR) is 90.1 cm³/mol. The third-order valence-corrected chi connectivity index (χ3v) is 3.62. The van der Waals surface area contributed by atoms with Gasteiger partial charge in [0.2, 0.25) is 0 Å². The Hall–Kier alpha value is -1.71. The molecule has 0 spiro atoms. The van der Waals surface area contributed by atoms with Gasteiger partial charge in [-0.3, -0.25) is 4.79 Å². The fraction of sp³-hybridized carbons (Fsp3) is 0.235. The molecule has 0 saturated heterocycles.